The average molecular weight is 550 g/mol. The number of aromatic hydroxyl groups is 1. The van der Waals surface area contributed by atoms with Gasteiger partial charge in [-0.15, -0.1) is 0 Å². The molecule has 3 aliphatic rings. The first-order valence-electron chi connectivity index (χ1n) is 12.7. The number of rotatable bonds is 5. The van der Waals surface area contributed by atoms with Gasteiger partial charge in [0.15, 0.2) is 28.8 Å². The molecule has 0 aliphatic heterocycles. The van der Waals surface area contributed by atoms with E-state index in [1.807, 2.05) is 20.8 Å². The van der Waals surface area contributed by atoms with Gasteiger partial charge in [0.25, 0.3) is 0 Å². The van der Waals surface area contributed by atoms with Gasteiger partial charge < -0.3 is 25.5 Å². The third-order valence-electron chi connectivity index (χ3n) is 8.18. The lowest BCUT2D eigenvalue weighted by Gasteiger charge is -2.50. The molecule has 39 heavy (non-hydrogen) atoms. The molecule has 0 heterocycles. The largest absolute Gasteiger partial charge is 0.508 e. The summed E-state index contributed by atoms with van der Waals surface area (Å²) in [7, 11) is 2.87. The number of aliphatic hydroxyl groups is 3. The summed E-state index contributed by atoms with van der Waals surface area (Å²) < 4.78 is 30.5. The van der Waals surface area contributed by atoms with Crippen LogP contribution in [0.15, 0.2) is 16.9 Å². The van der Waals surface area contributed by atoms with Crippen molar-refractivity contribution in [2.45, 2.75) is 64.5 Å². The van der Waals surface area contributed by atoms with Gasteiger partial charge in [-0.2, -0.15) is 0 Å². The van der Waals surface area contributed by atoms with Crippen molar-refractivity contribution in [3.63, 3.8) is 0 Å². The molecule has 0 bridgehead atoms. The smallest absolute Gasteiger partial charge is 0.342 e. The predicted molar refractivity (Wildman–Crippen MR) is 135 cm³/mol. The van der Waals surface area contributed by atoms with Crippen LogP contribution in [-0.2, 0) is 27.2 Å². The highest BCUT2D eigenvalue weighted by atomic mass is 19.2. The minimum Gasteiger partial charge on any atom is -0.508 e. The van der Waals surface area contributed by atoms with E-state index in [4.69, 9.17) is 0 Å². The monoisotopic (exact) mass is 549 g/mol. The van der Waals surface area contributed by atoms with E-state index in [1.165, 1.54) is 19.0 Å². The number of benzene rings is 1. The van der Waals surface area contributed by atoms with Gasteiger partial charge in [-0.1, -0.05) is 20.8 Å². The maximum absolute atomic E-state index is 15.4. The fraction of sp³-hybridized carbons (Fsp3) is 0.536. The molecule has 0 radical (unpaired) electrons. The molecule has 0 saturated heterocycles. The molecular weight excluding hydrogens is 516 g/mol. The highest BCUT2D eigenvalue weighted by Crippen LogP contribution is 2.53. The summed E-state index contributed by atoms with van der Waals surface area (Å²) >= 11 is 0. The second-order valence-corrected chi connectivity index (χ2v) is 12.1. The van der Waals surface area contributed by atoms with Gasteiger partial charge in [-0.25, -0.2) is 13.6 Å². The molecule has 212 valence electrons. The summed E-state index contributed by atoms with van der Waals surface area (Å²) in [6.07, 6.45) is 0.417. The number of Topliss-reactive ketones (excluding diaryl/α,β-unsaturated/α-hetero) is 2. The molecule has 0 spiro atoms. The molecule has 0 unspecified atom stereocenters. The number of hydrogen-bond donors (Lipinski definition) is 5. The third-order valence-corrected chi connectivity index (χ3v) is 8.18. The van der Waals surface area contributed by atoms with Crippen molar-refractivity contribution < 1.29 is 48.7 Å². The Balaban J connectivity index is 1.90. The zero-order chi connectivity index (χ0) is 29.4. The number of phenols is 1. The first-order valence-corrected chi connectivity index (χ1v) is 12.7. The highest BCUT2D eigenvalue weighted by molar-refractivity contribution is 6.23. The van der Waals surface area contributed by atoms with Crippen molar-refractivity contribution in [2.24, 2.45) is 17.3 Å². The molecule has 9 nitrogen and oxygen atoms in total. The Morgan fingerprint density at radius 2 is 1.72 bits per heavy atom. The zero-order valence-corrected chi connectivity index (χ0v) is 22.4. The average Bonchev–Trinajstić information content (AvgIpc) is 2.80. The summed E-state index contributed by atoms with van der Waals surface area (Å²) in [5, 5.41) is 54.1. The number of phenolic OH excluding ortho intramolecular Hbond substituents is 1. The number of aliphatic hydroxyl groups excluding tert-OH is 2. The van der Waals surface area contributed by atoms with Crippen LogP contribution in [0, 0.1) is 28.9 Å². The number of fused-ring (bicyclic) bond motifs is 3. The molecular formula is C28H33F2NO8. The quantitative estimate of drug-likeness (QED) is 0.348. The fourth-order valence-electron chi connectivity index (χ4n) is 6.34. The summed E-state index contributed by atoms with van der Waals surface area (Å²) in [5.41, 5.74) is -5.75. The van der Waals surface area contributed by atoms with E-state index in [0.717, 1.165) is 0 Å². The summed E-state index contributed by atoms with van der Waals surface area (Å²) in [5.74, 6) is -11.9. The van der Waals surface area contributed by atoms with Crippen LogP contribution < -0.4 is 0 Å². The highest BCUT2D eigenvalue weighted by Gasteiger charge is 2.64. The fourth-order valence-corrected chi connectivity index (χ4v) is 6.34. The van der Waals surface area contributed by atoms with Crippen molar-refractivity contribution >= 4 is 23.3 Å². The Labute approximate surface area is 224 Å². The maximum Gasteiger partial charge on any atom is 0.342 e. The number of likely N-dealkylation sites (N-methyl/N-ethyl adjacent to an activating group) is 1. The molecule has 1 fully saturated rings. The van der Waals surface area contributed by atoms with Crippen molar-refractivity contribution in [1.82, 2.24) is 4.90 Å². The lowest BCUT2D eigenvalue weighted by Crippen LogP contribution is -2.65. The molecule has 1 aromatic rings. The van der Waals surface area contributed by atoms with Gasteiger partial charge in [-0.05, 0) is 57.5 Å². The van der Waals surface area contributed by atoms with E-state index in [-0.39, 0.29) is 35.8 Å². The van der Waals surface area contributed by atoms with E-state index in [0.29, 0.717) is 12.8 Å². The molecule has 0 amide bonds. The van der Waals surface area contributed by atoms with Gasteiger partial charge in [0, 0.05) is 22.6 Å². The Morgan fingerprint density at radius 1 is 1.10 bits per heavy atom. The van der Waals surface area contributed by atoms with E-state index >= 15 is 8.78 Å². The number of aliphatic carboxylic acids is 1. The van der Waals surface area contributed by atoms with Crippen LogP contribution in [0.1, 0.15) is 56.7 Å². The number of carbonyl (C=O) groups is 3. The molecule has 0 aromatic heterocycles. The van der Waals surface area contributed by atoms with Crippen LogP contribution in [0.2, 0.25) is 0 Å². The predicted octanol–water partition coefficient (Wildman–Crippen LogP) is 3.21. The van der Waals surface area contributed by atoms with Crippen LogP contribution in [0.5, 0.6) is 5.75 Å². The Kier molecular flexibility index (Phi) is 6.92. The number of carboxylic acid groups (broad SMARTS) is 1. The second-order valence-electron chi connectivity index (χ2n) is 12.1. The number of carboxylic acids is 1. The lowest BCUT2D eigenvalue weighted by molar-refractivity contribution is -0.155. The normalized spacial score (nSPS) is 27.1. The molecule has 4 atom stereocenters. The van der Waals surface area contributed by atoms with E-state index in [9.17, 15) is 39.9 Å². The van der Waals surface area contributed by atoms with E-state index in [2.05, 4.69) is 0 Å². The molecule has 4 rings (SSSR count). The standard InChI is InChI=1S/C28H33F2NO8/c1-27(2,3)8-6-7-12-18(29)19(30)13-9-11-10-14-20(31(4)5)23(34)17(26(37)38)25(36)28(14,39)24(35)15(11)22(33)16(13)21(12)32/h11,14,20,32-33,36,39H,6-10H2,1-5H3,(H,37,38)/t11-,14-,20-,28-/m0/s1. The number of hydrogen-bond acceptors (Lipinski definition) is 8. The van der Waals surface area contributed by atoms with Crippen molar-refractivity contribution in [1.29, 1.82) is 0 Å². The van der Waals surface area contributed by atoms with Gasteiger partial charge >= 0.3 is 5.97 Å². The second kappa shape index (κ2) is 9.41. The van der Waals surface area contributed by atoms with Gasteiger partial charge in [0.1, 0.15) is 17.1 Å². The Morgan fingerprint density at radius 3 is 2.26 bits per heavy atom. The van der Waals surface area contributed by atoms with Crippen molar-refractivity contribution in [2.75, 3.05) is 14.1 Å². The maximum atomic E-state index is 15.4. The van der Waals surface area contributed by atoms with Crippen LogP contribution in [0.3, 0.4) is 0 Å². The van der Waals surface area contributed by atoms with Crippen LogP contribution in [0.4, 0.5) is 8.78 Å². The molecule has 5 N–H and O–H groups in total. The summed E-state index contributed by atoms with van der Waals surface area (Å²) in [6, 6.07) is -1.34. The van der Waals surface area contributed by atoms with Gasteiger partial charge in [0.05, 0.1) is 11.6 Å². The van der Waals surface area contributed by atoms with E-state index < -0.39 is 86.6 Å². The minimum atomic E-state index is -2.88. The van der Waals surface area contributed by atoms with Crippen LogP contribution >= 0.6 is 0 Å². The van der Waals surface area contributed by atoms with Gasteiger partial charge in [0.2, 0.25) is 5.78 Å². The van der Waals surface area contributed by atoms with Crippen LogP contribution in [-0.4, -0.2) is 73.7 Å². The number of halogens is 2. The first kappa shape index (κ1) is 28.7. The molecule has 3 aliphatic carbocycles. The Hall–Kier alpha value is -3.31. The summed E-state index contributed by atoms with van der Waals surface area (Å²) in [4.78, 5) is 39.9. The third kappa shape index (κ3) is 4.22. The molecule has 11 heteroatoms. The number of nitrogens with zero attached hydrogens (tertiary/aromatic N) is 1. The topological polar surface area (TPSA) is 156 Å². The van der Waals surface area contributed by atoms with Crippen molar-refractivity contribution in [3.05, 3.63) is 45.2 Å². The van der Waals surface area contributed by atoms with Gasteiger partial charge in [-0.3, -0.25) is 14.5 Å². The minimum absolute atomic E-state index is 0.0384. The first-order chi connectivity index (χ1) is 17.9. The molecule has 1 saturated carbocycles. The Bertz CT molecular complexity index is 1360. The lowest BCUT2D eigenvalue weighted by atomic mass is 9.57. The summed E-state index contributed by atoms with van der Waals surface area (Å²) in [6.45, 7) is 5.91. The number of carbonyl (C=O) groups excluding carboxylic acids is 2. The zero-order valence-electron chi connectivity index (χ0n) is 22.4. The van der Waals surface area contributed by atoms with E-state index in [1.54, 1.807) is 0 Å². The number of ketones is 2. The van der Waals surface area contributed by atoms with Crippen LogP contribution in [0.25, 0.3) is 5.76 Å². The molecule has 1 aromatic carbocycles. The SMILES string of the molecule is CN(C)[C@@H]1C(=O)C(C(=O)O)=C(O)[C@@]2(O)C(=O)C3=C(O)c4c(O)c(CCCC(C)(C)C)c(F)c(F)c4C[C@H]3C[C@@H]12. The van der Waals surface area contributed by atoms with Crippen molar-refractivity contribution in [3.8, 4) is 5.75 Å².